The van der Waals surface area contributed by atoms with Crippen molar-refractivity contribution in [2.24, 2.45) is 10.8 Å². The number of methoxy groups -OCH3 is 1. The molecule has 0 spiro atoms. The fraction of sp³-hybridized carbons (Fsp3) is 0.286. The molecule has 3 amide bonds. The van der Waals surface area contributed by atoms with Gasteiger partial charge in [-0.3, -0.25) is 14.4 Å². The van der Waals surface area contributed by atoms with Gasteiger partial charge in [0.15, 0.2) is 18.1 Å². The Bertz CT molecular complexity index is 675. The number of nitrogens with zero attached hydrogens (tertiary/aromatic N) is 2. The highest BCUT2D eigenvalue weighted by atomic mass is 79.9. The summed E-state index contributed by atoms with van der Waals surface area (Å²) in [6.07, 6.45) is 1.29. The van der Waals surface area contributed by atoms with E-state index in [2.05, 4.69) is 21.0 Å². The quantitative estimate of drug-likeness (QED) is 0.390. The molecule has 0 radical (unpaired) electrons. The Hall–Kier alpha value is -2.62. The Morgan fingerprint density at radius 3 is 2.58 bits per heavy atom. The molecule has 0 heterocycles. The number of halogens is 1. The Kier molecular flexibility index (Phi) is 7.18. The molecule has 0 fully saturated rings. The van der Waals surface area contributed by atoms with Gasteiger partial charge in [-0.05, 0) is 33.6 Å². The summed E-state index contributed by atoms with van der Waals surface area (Å²) < 4.78 is 11.2. The van der Waals surface area contributed by atoms with Crippen molar-refractivity contribution < 1.29 is 23.9 Å². The lowest BCUT2D eigenvalue weighted by molar-refractivity contribution is -0.137. The van der Waals surface area contributed by atoms with Crippen LogP contribution in [0, 0.1) is 0 Å². The number of ether oxygens (including phenoxy) is 2. The number of nitrogens with two attached hydrogens (primary N) is 1. The van der Waals surface area contributed by atoms with Gasteiger partial charge in [0.1, 0.15) is 0 Å². The van der Waals surface area contributed by atoms with Crippen LogP contribution < -0.4 is 20.6 Å². The molecule has 0 aliphatic carbocycles. The van der Waals surface area contributed by atoms with E-state index in [1.807, 2.05) is 5.43 Å². The topological polar surface area (TPSA) is 123 Å². The minimum Gasteiger partial charge on any atom is -0.493 e. The zero-order valence-electron chi connectivity index (χ0n) is 13.3. The average molecular weight is 401 g/mol. The highest BCUT2D eigenvalue weighted by Crippen LogP contribution is 2.36. The fourth-order valence-electron chi connectivity index (χ4n) is 1.44. The van der Waals surface area contributed by atoms with Crippen LogP contribution in [0.1, 0.15) is 5.56 Å². The van der Waals surface area contributed by atoms with Crippen LogP contribution in [0.2, 0.25) is 0 Å². The predicted octanol–water partition coefficient (Wildman–Crippen LogP) is -0.140. The van der Waals surface area contributed by atoms with Crippen LogP contribution in [-0.4, -0.2) is 56.6 Å². The van der Waals surface area contributed by atoms with Gasteiger partial charge in [-0.1, -0.05) is 0 Å². The van der Waals surface area contributed by atoms with E-state index in [1.165, 1.54) is 18.2 Å². The number of rotatable bonds is 6. The first-order chi connectivity index (χ1) is 11.3. The van der Waals surface area contributed by atoms with Gasteiger partial charge in [-0.15, -0.1) is 0 Å². The lowest BCUT2D eigenvalue weighted by Gasteiger charge is -2.15. The third kappa shape index (κ3) is 5.54. The zero-order valence-corrected chi connectivity index (χ0v) is 14.9. The highest BCUT2D eigenvalue weighted by Gasteiger charge is 2.14. The number of primary amides is 1. The van der Waals surface area contributed by atoms with E-state index in [-0.39, 0.29) is 12.5 Å². The minimum atomic E-state index is -1.14. The second kappa shape index (κ2) is 8.87. The van der Waals surface area contributed by atoms with Crippen molar-refractivity contribution in [1.82, 2.24) is 10.3 Å². The van der Waals surface area contributed by atoms with Crippen LogP contribution in [-0.2, 0) is 14.4 Å². The maximum Gasteiger partial charge on any atom is 0.329 e. The van der Waals surface area contributed by atoms with Crippen LogP contribution in [0.15, 0.2) is 21.7 Å². The standard InChI is InChI=1S/C14H17BrN4O5/c1-19(2)11(20)7-24-12-9(15)4-8(5-10(12)23-3)6-17-18-14(22)13(16)21/h4-6H,7H2,1-3H3,(H2,16,21)(H,18,22). The number of carbonyl (C=O) groups excluding carboxylic acids is 3. The normalized spacial score (nSPS) is 10.3. The number of likely N-dealkylation sites (N-methyl/N-ethyl adjacent to an activating group) is 1. The summed E-state index contributed by atoms with van der Waals surface area (Å²) in [6.45, 7) is -0.149. The molecule has 1 rings (SSSR count). The second-order valence-electron chi connectivity index (χ2n) is 4.67. The van der Waals surface area contributed by atoms with E-state index in [0.717, 1.165) is 0 Å². The lowest BCUT2D eigenvalue weighted by Crippen LogP contribution is -2.32. The summed E-state index contributed by atoms with van der Waals surface area (Å²) >= 11 is 3.32. The predicted molar refractivity (Wildman–Crippen MR) is 89.8 cm³/mol. The summed E-state index contributed by atoms with van der Waals surface area (Å²) in [5, 5.41) is 3.60. The molecule has 0 saturated heterocycles. The number of hydrogen-bond acceptors (Lipinski definition) is 6. The van der Waals surface area contributed by atoms with Crippen LogP contribution in [0.5, 0.6) is 11.5 Å². The molecule has 0 aromatic heterocycles. The number of nitrogens with one attached hydrogen (secondary N) is 1. The Labute approximate surface area is 146 Å². The Morgan fingerprint density at radius 2 is 2.04 bits per heavy atom. The Balaban J connectivity index is 2.91. The number of amides is 3. The van der Waals surface area contributed by atoms with Gasteiger partial charge < -0.3 is 20.1 Å². The molecule has 1 aromatic rings. The van der Waals surface area contributed by atoms with Gasteiger partial charge >= 0.3 is 11.8 Å². The molecule has 0 unspecified atom stereocenters. The summed E-state index contributed by atoms with van der Waals surface area (Å²) in [5.41, 5.74) is 7.31. The highest BCUT2D eigenvalue weighted by molar-refractivity contribution is 9.10. The maximum absolute atomic E-state index is 11.6. The van der Waals surface area contributed by atoms with Crippen LogP contribution >= 0.6 is 15.9 Å². The first kappa shape index (κ1) is 19.4. The van der Waals surface area contributed by atoms with E-state index >= 15 is 0 Å². The molecule has 0 aliphatic heterocycles. The maximum atomic E-state index is 11.6. The lowest BCUT2D eigenvalue weighted by atomic mass is 10.2. The molecule has 24 heavy (non-hydrogen) atoms. The molecular weight excluding hydrogens is 384 g/mol. The van der Waals surface area contributed by atoms with E-state index in [1.54, 1.807) is 26.2 Å². The number of benzene rings is 1. The van der Waals surface area contributed by atoms with Gasteiger partial charge in [0.2, 0.25) is 0 Å². The molecule has 0 bridgehead atoms. The molecule has 0 aliphatic rings. The van der Waals surface area contributed by atoms with Crippen molar-refractivity contribution in [2.45, 2.75) is 0 Å². The molecule has 1 aromatic carbocycles. The third-order valence-electron chi connectivity index (χ3n) is 2.69. The van der Waals surface area contributed by atoms with Crippen molar-refractivity contribution in [3.05, 3.63) is 22.2 Å². The molecule has 130 valence electrons. The second-order valence-corrected chi connectivity index (χ2v) is 5.53. The molecule has 10 heteroatoms. The fourth-order valence-corrected chi connectivity index (χ4v) is 2.01. The van der Waals surface area contributed by atoms with Gasteiger partial charge in [0, 0.05) is 14.1 Å². The molecule has 0 atom stereocenters. The monoisotopic (exact) mass is 400 g/mol. The summed E-state index contributed by atoms with van der Waals surface area (Å²) in [5.74, 6) is -1.66. The smallest absolute Gasteiger partial charge is 0.329 e. The summed E-state index contributed by atoms with van der Waals surface area (Å²) in [7, 11) is 4.69. The van der Waals surface area contributed by atoms with Gasteiger partial charge in [-0.2, -0.15) is 5.10 Å². The zero-order chi connectivity index (χ0) is 18.3. The number of carbonyl (C=O) groups is 3. The van der Waals surface area contributed by atoms with Gasteiger partial charge in [0.05, 0.1) is 17.8 Å². The van der Waals surface area contributed by atoms with Gasteiger partial charge in [-0.25, -0.2) is 5.43 Å². The third-order valence-corrected chi connectivity index (χ3v) is 3.28. The van der Waals surface area contributed by atoms with Crippen LogP contribution in [0.3, 0.4) is 0 Å². The first-order valence-corrected chi connectivity index (χ1v) is 7.38. The number of hydrazone groups is 1. The summed E-state index contributed by atoms with van der Waals surface area (Å²) in [4.78, 5) is 34.6. The van der Waals surface area contributed by atoms with Crippen LogP contribution in [0.25, 0.3) is 0 Å². The summed E-state index contributed by atoms with van der Waals surface area (Å²) in [6, 6.07) is 3.22. The SMILES string of the molecule is COc1cc(C=NNC(=O)C(N)=O)cc(Br)c1OCC(=O)N(C)C. The van der Waals surface area contributed by atoms with Crippen molar-refractivity contribution >= 4 is 39.9 Å². The van der Waals surface area contributed by atoms with E-state index in [0.29, 0.717) is 21.5 Å². The molecule has 0 saturated carbocycles. The molecule has 9 nitrogen and oxygen atoms in total. The van der Waals surface area contributed by atoms with Crippen molar-refractivity contribution in [3.63, 3.8) is 0 Å². The van der Waals surface area contributed by atoms with Crippen molar-refractivity contribution in [3.8, 4) is 11.5 Å². The molecular formula is C14H17BrN4O5. The first-order valence-electron chi connectivity index (χ1n) is 6.59. The van der Waals surface area contributed by atoms with Crippen molar-refractivity contribution in [2.75, 3.05) is 27.8 Å². The van der Waals surface area contributed by atoms with E-state index < -0.39 is 11.8 Å². The average Bonchev–Trinajstić information content (AvgIpc) is 2.52. The van der Waals surface area contributed by atoms with E-state index in [4.69, 9.17) is 15.2 Å². The van der Waals surface area contributed by atoms with Crippen molar-refractivity contribution in [1.29, 1.82) is 0 Å². The van der Waals surface area contributed by atoms with Crippen LogP contribution in [0.4, 0.5) is 0 Å². The van der Waals surface area contributed by atoms with Gasteiger partial charge in [0.25, 0.3) is 5.91 Å². The van der Waals surface area contributed by atoms with E-state index in [9.17, 15) is 14.4 Å². The Morgan fingerprint density at radius 1 is 1.38 bits per heavy atom. The number of hydrogen-bond donors (Lipinski definition) is 2. The minimum absolute atomic E-state index is 0.149. The largest absolute Gasteiger partial charge is 0.493 e. The molecule has 3 N–H and O–H groups in total.